The van der Waals surface area contributed by atoms with Gasteiger partial charge in [0.25, 0.3) is 0 Å². The van der Waals surface area contributed by atoms with Crippen LogP contribution >= 0.6 is 11.6 Å². The highest BCUT2D eigenvalue weighted by Gasteiger charge is 2.23. The van der Waals surface area contributed by atoms with Gasteiger partial charge in [0.2, 0.25) is 0 Å². The smallest absolute Gasteiger partial charge is 0.145 e. The third kappa shape index (κ3) is 3.01. The largest absolute Gasteiger partial charge is 0.397 e. The molecule has 1 aliphatic heterocycles. The van der Waals surface area contributed by atoms with E-state index in [4.69, 9.17) is 17.3 Å². The predicted octanol–water partition coefficient (Wildman–Crippen LogP) is 2.21. The van der Waals surface area contributed by atoms with Gasteiger partial charge in [-0.2, -0.15) is 0 Å². The van der Waals surface area contributed by atoms with Gasteiger partial charge in [0.1, 0.15) is 5.82 Å². The number of nitrogens with one attached hydrogen (secondary N) is 1. The molecule has 0 aliphatic carbocycles. The number of halogens is 1. The van der Waals surface area contributed by atoms with Crippen LogP contribution in [0.3, 0.4) is 0 Å². The number of nitrogen functional groups attached to an aromatic ring is 1. The topological polar surface area (TPSA) is 54.2 Å². The number of nitrogens with two attached hydrogens (primary N) is 1. The summed E-state index contributed by atoms with van der Waals surface area (Å²) in [5.74, 6) is 0.739. The number of pyridine rings is 1. The van der Waals surface area contributed by atoms with Crippen molar-refractivity contribution in [1.82, 2.24) is 9.88 Å². The second-order valence-corrected chi connectivity index (χ2v) is 5.20. The standard InChI is InChI=1S/C12H19ClN4/c1-8-5-10(3-4-17(8)2)16-12-11(13)6-9(14)7-15-12/h6-8,10H,3-5,14H2,1-2H3,(H,15,16). The van der Waals surface area contributed by atoms with E-state index < -0.39 is 0 Å². The lowest BCUT2D eigenvalue weighted by atomic mass is 9.99. The number of anilines is 2. The van der Waals surface area contributed by atoms with E-state index in [-0.39, 0.29) is 0 Å². The molecule has 94 valence electrons. The third-order valence-corrected chi connectivity index (χ3v) is 3.70. The Morgan fingerprint density at radius 2 is 2.35 bits per heavy atom. The SMILES string of the molecule is CC1CC(Nc2ncc(N)cc2Cl)CCN1C. The van der Waals surface area contributed by atoms with Crippen molar-refractivity contribution in [2.45, 2.75) is 31.8 Å². The molecule has 0 bridgehead atoms. The quantitative estimate of drug-likeness (QED) is 0.850. The fraction of sp³-hybridized carbons (Fsp3) is 0.583. The summed E-state index contributed by atoms with van der Waals surface area (Å²) in [4.78, 5) is 6.61. The van der Waals surface area contributed by atoms with Gasteiger partial charge in [-0.15, -0.1) is 0 Å². The number of aromatic nitrogens is 1. The van der Waals surface area contributed by atoms with Gasteiger partial charge in [-0.05, 0) is 32.9 Å². The summed E-state index contributed by atoms with van der Waals surface area (Å²) < 4.78 is 0. The van der Waals surface area contributed by atoms with Crippen molar-refractivity contribution >= 4 is 23.1 Å². The number of likely N-dealkylation sites (tertiary alicyclic amines) is 1. The van der Waals surface area contributed by atoms with Crippen molar-refractivity contribution in [2.24, 2.45) is 0 Å². The summed E-state index contributed by atoms with van der Waals surface area (Å²) in [6, 6.07) is 2.76. The van der Waals surface area contributed by atoms with E-state index in [1.165, 1.54) is 0 Å². The van der Waals surface area contributed by atoms with Gasteiger partial charge in [-0.25, -0.2) is 4.98 Å². The highest BCUT2D eigenvalue weighted by Crippen LogP contribution is 2.25. The highest BCUT2D eigenvalue weighted by molar-refractivity contribution is 6.33. The fourth-order valence-corrected chi connectivity index (χ4v) is 2.40. The van der Waals surface area contributed by atoms with Crippen LogP contribution in [0.1, 0.15) is 19.8 Å². The maximum atomic E-state index is 6.10. The van der Waals surface area contributed by atoms with Gasteiger partial charge in [0.15, 0.2) is 0 Å². The summed E-state index contributed by atoms with van der Waals surface area (Å²) in [6.45, 7) is 3.34. The Bertz CT molecular complexity index is 396. The first-order valence-corrected chi connectivity index (χ1v) is 6.32. The summed E-state index contributed by atoms with van der Waals surface area (Å²) in [7, 11) is 2.16. The summed E-state index contributed by atoms with van der Waals surface area (Å²) >= 11 is 6.10. The summed E-state index contributed by atoms with van der Waals surface area (Å²) in [5, 5.41) is 4.00. The van der Waals surface area contributed by atoms with E-state index in [0.717, 1.165) is 25.2 Å². The number of nitrogens with zero attached hydrogens (tertiary/aromatic N) is 2. The van der Waals surface area contributed by atoms with E-state index in [1.807, 2.05) is 0 Å². The first kappa shape index (κ1) is 12.5. The van der Waals surface area contributed by atoms with E-state index >= 15 is 0 Å². The van der Waals surface area contributed by atoms with Crippen molar-refractivity contribution in [3.63, 3.8) is 0 Å². The summed E-state index contributed by atoms with van der Waals surface area (Å²) in [6.07, 6.45) is 3.86. The molecular formula is C12H19ClN4. The zero-order valence-electron chi connectivity index (χ0n) is 10.3. The molecule has 1 aliphatic rings. The molecule has 1 fully saturated rings. The summed E-state index contributed by atoms with van der Waals surface area (Å²) in [5.41, 5.74) is 6.21. The van der Waals surface area contributed by atoms with Crippen molar-refractivity contribution < 1.29 is 0 Å². The molecule has 0 radical (unpaired) electrons. The van der Waals surface area contributed by atoms with Crippen LogP contribution in [0, 0.1) is 0 Å². The molecule has 5 heteroatoms. The van der Waals surface area contributed by atoms with Gasteiger partial charge in [-0.1, -0.05) is 11.6 Å². The molecular weight excluding hydrogens is 236 g/mol. The van der Waals surface area contributed by atoms with Gasteiger partial charge < -0.3 is 16.0 Å². The maximum absolute atomic E-state index is 6.10. The molecule has 0 spiro atoms. The minimum atomic E-state index is 0.440. The van der Waals surface area contributed by atoms with Gasteiger partial charge in [-0.3, -0.25) is 0 Å². The third-order valence-electron chi connectivity index (χ3n) is 3.41. The molecule has 2 rings (SSSR count). The van der Waals surface area contributed by atoms with Crippen LogP contribution in [0.5, 0.6) is 0 Å². The van der Waals surface area contributed by atoms with Crippen LogP contribution in [0.25, 0.3) is 0 Å². The van der Waals surface area contributed by atoms with Crippen LogP contribution in [0.2, 0.25) is 5.02 Å². The van der Waals surface area contributed by atoms with Gasteiger partial charge in [0.05, 0.1) is 16.9 Å². The van der Waals surface area contributed by atoms with E-state index in [2.05, 4.69) is 29.2 Å². The lowest BCUT2D eigenvalue weighted by Gasteiger charge is -2.35. The Labute approximate surface area is 107 Å². The van der Waals surface area contributed by atoms with Crippen molar-refractivity contribution in [2.75, 3.05) is 24.6 Å². The van der Waals surface area contributed by atoms with Crippen molar-refractivity contribution in [3.05, 3.63) is 17.3 Å². The molecule has 0 amide bonds. The van der Waals surface area contributed by atoms with E-state index in [0.29, 0.717) is 22.8 Å². The maximum Gasteiger partial charge on any atom is 0.145 e. The number of hydrogen-bond donors (Lipinski definition) is 2. The van der Waals surface area contributed by atoms with E-state index in [1.54, 1.807) is 12.3 Å². The highest BCUT2D eigenvalue weighted by atomic mass is 35.5. The predicted molar refractivity (Wildman–Crippen MR) is 72.4 cm³/mol. The molecule has 2 unspecified atom stereocenters. The van der Waals surface area contributed by atoms with Crippen LogP contribution < -0.4 is 11.1 Å². The Kier molecular flexibility index (Phi) is 3.74. The first-order valence-electron chi connectivity index (χ1n) is 5.94. The average molecular weight is 255 g/mol. The Morgan fingerprint density at radius 3 is 3.00 bits per heavy atom. The molecule has 1 aromatic heterocycles. The molecule has 0 aromatic carbocycles. The lowest BCUT2D eigenvalue weighted by Crippen LogP contribution is -2.42. The molecule has 1 aromatic rings. The average Bonchev–Trinajstić information content (AvgIpc) is 2.27. The van der Waals surface area contributed by atoms with Gasteiger partial charge >= 0.3 is 0 Å². The second-order valence-electron chi connectivity index (χ2n) is 4.79. The van der Waals surface area contributed by atoms with Gasteiger partial charge in [0, 0.05) is 18.6 Å². The van der Waals surface area contributed by atoms with Crippen LogP contribution in [-0.2, 0) is 0 Å². The molecule has 4 nitrogen and oxygen atoms in total. The Balaban J connectivity index is 2.01. The number of hydrogen-bond acceptors (Lipinski definition) is 4. The van der Waals surface area contributed by atoms with E-state index in [9.17, 15) is 0 Å². The molecule has 3 N–H and O–H groups in total. The monoisotopic (exact) mass is 254 g/mol. The fourth-order valence-electron chi connectivity index (χ4n) is 2.17. The Morgan fingerprint density at radius 1 is 1.59 bits per heavy atom. The minimum absolute atomic E-state index is 0.440. The molecule has 0 saturated carbocycles. The normalized spacial score (nSPS) is 25.8. The second kappa shape index (κ2) is 5.10. The number of rotatable bonds is 2. The molecule has 17 heavy (non-hydrogen) atoms. The zero-order chi connectivity index (χ0) is 12.4. The van der Waals surface area contributed by atoms with Crippen molar-refractivity contribution in [1.29, 1.82) is 0 Å². The van der Waals surface area contributed by atoms with Crippen LogP contribution in [0.15, 0.2) is 12.3 Å². The molecule has 2 atom stereocenters. The van der Waals surface area contributed by atoms with Crippen molar-refractivity contribution in [3.8, 4) is 0 Å². The first-order chi connectivity index (χ1) is 8.06. The lowest BCUT2D eigenvalue weighted by molar-refractivity contribution is 0.190. The molecule has 2 heterocycles. The minimum Gasteiger partial charge on any atom is -0.397 e. The number of piperidine rings is 1. The molecule has 1 saturated heterocycles. The zero-order valence-corrected chi connectivity index (χ0v) is 11.0. The Hall–Kier alpha value is -1.00. The van der Waals surface area contributed by atoms with Crippen LogP contribution in [-0.4, -0.2) is 35.6 Å². The van der Waals surface area contributed by atoms with Crippen LogP contribution in [0.4, 0.5) is 11.5 Å².